The highest BCUT2D eigenvalue weighted by Crippen LogP contribution is 2.71. The molecule has 0 unspecified atom stereocenters. The van der Waals surface area contributed by atoms with Gasteiger partial charge < -0.3 is 27.3 Å². The number of aromatic nitrogens is 2. The quantitative estimate of drug-likeness (QED) is 0.165. The summed E-state index contributed by atoms with van der Waals surface area (Å²) in [6.45, 7) is 8.50. The number of halogens is 1. The van der Waals surface area contributed by atoms with Crippen LogP contribution >= 0.6 is 15.9 Å². The van der Waals surface area contributed by atoms with Crippen molar-refractivity contribution in [3.05, 3.63) is 282 Å². The molecule has 0 N–H and O–H groups in total. The molecule has 0 atom stereocenters. The van der Waals surface area contributed by atoms with Crippen molar-refractivity contribution in [3.8, 4) is 44.8 Å². The highest BCUT2D eigenvalue weighted by molar-refractivity contribution is 9.10. The first-order valence-corrected chi connectivity index (χ1v) is 40.0. The van der Waals surface area contributed by atoms with Crippen LogP contribution in [-0.2, 0) is 20.1 Å². The largest absolute Gasteiger partial charge is 0.494 e. The summed E-state index contributed by atoms with van der Waals surface area (Å²) in [7, 11) is -0.373. The molecule has 10 aliphatic carbocycles. The molecule has 8 saturated carbocycles. The van der Waals surface area contributed by atoms with E-state index in [2.05, 4.69) is 271 Å². The minimum absolute atomic E-state index is 0. The van der Waals surface area contributed by atoms with Gasteiger partial charge in [0, 0.05) is 69.8 Å². The van der Waals surface area contributed by atoms with E-state index in [4.69, 9.17) is 18.1 Å². The van der Waals surface area contributed by atoms with Crippen LogP contribution in [0.3, 0.4) is 0 Å². The van der Waals surface area contributed by atoms with E-state index in [1.165, 1.54) is 169 Å². The third-order valence-corrected chi connectivity index (χ3v) is 29.0. The maximum Gasteiger partial charge on any atom is 0.494 e. The second kappa shape index (κ2) is 24.2. The van der Waals surface area contributed by atoms with E-state index in [0.29, 0.717) is 0 Å². The average molecular weight is 1470 g/mol. The van der Waals surface area contributed by atoms with Gasteiger partial charge in [0.15, 0.2) is 0 Å². The lowest BCUT2D eigenvalue weighted by atomic mass is 9.43. The molecule has 27 rings (SSSR count). The lowest BCUT2D eigenvalue weighted by Crippen LogP contribution is -2.55. The fourth-order valence-corrected chi connectivity index (χ4v) is 24.3. The van der Waals surface area contributed by atoms with E-state index >= 15 is 0 Å². The Morgan fingerprint density at radius 1 is 0.315 bits per heavy atom. The summed E-state index contributed by atoms with van der Waals surface area (Å²) in [5.74, 6) is 6.81. The van der Waals surface area contributed by atoms with Crippen LogP contribution in [0.4, 0.5) is 0 Å². The Morgan fingerprint density at radius 2 is 0.685 bits per heavy atom. The van der Waals surface area contributed by atoms with E-state index in [1.807, 2.05) is 36.4 Å². The summed E-state index contributed by atoms with van der Waals surface area (Å²) in [4.78, 5) is 0. The molecular formula is C100H90BBrN2O4. The predicted octanol–water partition coefficient (Wildman–Crippen LogP) is 26.5. The van der Waals surface area contributed by atoms with Crippen LogP contribution in [0.5, 0.6) is 0 Å². The molecule has 4 aromatic heterocycles. The van der Waals surface area contributed by atoms with Crippen molar-refractivity contribution < 1.29 is 18.1 Å². The summed E-state index contributed by atoms with van der Waals surface area (Å²) in [6.07, 6.45) is 14.2. The first kappa shape index (κ1) is 66.5. The van der Waals surface area contributed by atoms with Crippen molar-refractivity contribution in [1.29, 1.82) is 0 Å². The SMILES string of the molecule is Brc1ccc2oc3ccccc3c2c1.C.C.CC1(C)OB(c2ccc3c(c2)c2ccccc2n3-c2ccc3c(c2)C2(c4ccccc4-3)C3CC4CC(C3)CC2C4)OC1(C)C.c1ccc2c(c1)-c1ccc(-n3c4ccccc4c4cc(-c5ccc6oc7ccccc7c6c5)ccc43)cc1C21C2CC3CC(C2)CC1C3. The molecule has 0 radical (unpaired) electrons. The van der Waals surface area contributed by atoms with Crippen LogP contribution in [-0.4, -0.2) is 27.5 Å². The highest BCUT2D eigenvalue weighted by Gasteiger charge is 2.63. The molecule has 2 spiro atoms. The van der Waals surface area contributed by atoms with Crippen LogP contribution in [0.25, 0.3) is 132 Å². The van der Waals surface area contributed by atoms with E-state index in [1.54, 1.807) is 22.3 Å². The standard InChI is InChI=1S/C46H35NO.C40H40BNO2.C12H7BrO.2CH4/c1-4-10-40-34(7-1)35-16-15-33(26-41(35)46(40)31-20-27-19-28(22-31)23-32(46)21-27)47-42-11-5-2-8-36(42)38-24-29(13-17-43(38)47)30-14-18-45-39(25-30)37-9-3-6-12-44(37)48-45;1-38(2)39(3,4)44-41(43-38)28-13-16-37-33(22-28)32-10-6-8-12-36(32)42(37)29-14-15-31-30-9-5-7-11-34(30)40(35(31)23-29)26-18-24-17-25(20-26)21-27(40)19-24;13-8-5-6-12-10(7-8)9-3-1-2-4-11(9)14-12;;/h1-18,24-28,31-32H,19-23H2;5-16,22-27H,17-21H2,1-4H3;1-7H;2*1H4. The fraction of sp³-hybridized carbons (Fsp3) is 0.280. The molecule has 6 nitrogen and oxygen atoms in total. The molecule has 8 heteroatoms. The predicted molar refractivity (Wildman–Crippen MR) is 451 cm³/mol. The number of nitrogens with zero attached hydrogens (tertiary/aromatic N) is 2. The zero-order valence-electron chi connectivity index (χ0n) is 60.4. The number of furan rings is 2. The number of para-hydroxylation sites is 4. The van der Waals surface area contributed by atoms with Crippen molar-refractivity contribution in [1.82, 2.24) is 9.13 Å². The Labute approximate surface area is 641 Å². The smallest absolute Gasteiger partial charge is 0.456 e. The zero-order valence-corrected chi connectivity index (χ0v) is 62.0. The molecule has 5 heterocycles. The molecule has 1 aliphatic heterocycles. The molecule has 12 aromatic carbocycles. The Morgan fingerprint density at radius 3 is 1.19 bits per heavy atom. The highest BCUT2D eigenvalue weighted by atomic mass is 79.9. The molecule has 9 fully saturated rings. The van der Waals surface area contributed by atoms with Crippen molar-refractivity contribution in [2.24, 2.45) is 47.3 Å². The number of rotatable bonds is 4. The molecular weight excluding hydrogens is 1380 g/mol. The Balaban J connectivity index is 0.000000115. The number of benzene rings is 12. The van der Waals surface area contributed by atoms with E-state index in [-0.39, 0.29) is 44.0 Å². The van der Waals surface area contributed by atoms with Crippen LogP contribution < -0.4 is 5.46 Å². The van der Waals surface area contributed by atoms with Gasteiger partial charge in [-0.2, -0.15) is 0 Å². The van der Waals surface area contributed by atoms with Gasteiger partial charge in [0.1, 0.15) is 22.3 Å². The first-order chi connectivity index (χ1) is 51.8. The van der Waals surface area contributed by atoms with Gasteiger partial charge in [0.05, 0.1) is 33.3 Å². The third-order valence-electron chi connectivity index (χ3n) is 28.5. The van der Waals surface area contributed by atoms with Gasteiger partial charge >= 0.3 is 7.12 Å². The maximum atomic E-state index is 6.47. The molecule has 108 heavy (non-hydrogen) atoms. The van der Waals surface area contributed by atoms with Crippen molar-refractivity contribution in [3.63, 3.8) is 0 Å². The normalized spacial score (nSPS) is 25.1. The lowest BCUT2D eigenvalue weighted by molar-refractivity contribution is -0.0399. The van der Waals surface area contributed by atoms with E-state index in [9.17, 15) is 0 Å². The van der Waals surface area contributed by atoms with Gasteiger partial charge in [0.25, 0.3) is 0 Å². The Bertz CT molecular complexity index is 6320. The van der Waals surface area contributed by atoms with Crippen molar-refractivity contribution in [2.45, 2.75) is 129 Å². The third kappa shape index (κ3) is 9.38. The summed E-state index contributed by atoms with van der Waals surface area (Å²) >= 11 is 3.46. The molecule has 8 bridgehead atoms. The molecule has 534 valence electrons. The summed E-state index contributed by atoms with van der Waals surface area (Å²) in [6, 6.07) is 94.6. The summed E-state index contributed by atoms with van der Waals surface area (Å²) < 4.78 is 30.9. The average Bonchev–Trinajstić information content (AvgIpc) is 1.50. The van der Waals surface area contributed by atoms with Gasteiger partial charge in [-0.05, 0) is 297 Å². The van der Waals surface area contributed by atoms with Gasteiger partial charge in [0.2, 0.25) is 0 Å². The second-order valence-corrected chi connectivity index (χ2v) is 35.2. The van der Waals surface area contributed by atoms with Gasteiger partial charge in [-0.15, -0.1) is 0 Å². The van der Waals surface area contributed by atoms with Gasteiger partial charge in [-0.25, -0.2) is 0 Å². The van der Waals surface area contributed by atoms with E-state index in [0.717, 1.165) is 85.0 Å². The van der Waals surface area contributed by atoms with Gasteiger partial charge in [-0.1, -0.05) is 189 Å². The maximum absolute atomic E-state index is 6.47. The molecule has 16 aromatic rings. The minimum atomic E-state index is -0.373. The van der Waals surface area contributed by atoms with Crippen LogP contribution in [0.1, 0.15) is 129 Å². The van der Waals surface area contributed by atoms with Crippen LogP contribution in [0.2, 0.25) is 0 Å². The number of fused-ring (bicyclic) bond motifs is 18. The molecule has 1 saturated heterocycles. The summed E-state index contributed by atoms with van der Waals surface area (Å²) in [5.41, 5.74) is 26.9. The van der Waals surface area contributed by atoms with Gasteiger partial charge in [-0.3, -0.25) is 0 Å². The minimum Gasteiger partial charge on any atom is -0.456 e. The Hall–Kier alpha value is -9.70. The number of hydrogen-bond donors (Lipinski definition) is 0. The molecule has 0 amide bonds. The molecule has 11 aliphatic rings. The fourth-order valence-electron chi connectivity index (χ4n) is 24.0. The van der Waals surface area contributed by atoms with Crippen molar-refractivity contribution >= 4 is 116 Å². The first-order valence-electron chi connectivity index (χ1n) is 39.2. The van der Waals surface area contributed by atoms with Crippen LogP contribution in [0.15, 0.2) is 268 Å². The lowest BCUT2D eigenvalue weighted by Gasteiger charge is -2.61. The monoisotopic (exact) mass is 1470 g/mol. The number of hydrogen-bond acceptors (Lipinski definition) is 4. The second-order valence-electron chi connectivity index (χ2n) is 34.2. The zero-order chi connectivity index (χ0) is 70.3. The topological polar surface area (TPSA) is 54.6 Å². The Kier molecular flexibility index (Phi) is 14.9. The van der Waals surface area contributed by atoms with E-state index < -0.39 is 0 Å². The summed E-state index contributed by atoms with van der Waals surface area (Å²) in [5, 5.41) is 9.80. The van der Waals surface area contributed by atoms with Crippen LogP contribution in [0, 0.1) is 47.3 Å². The van der Waals surface area contributed by atoms with Crippen molar-refractivity contribution in [2.75, 3.05) is 0 Å².